The van der Waals surface area contributed by atoms with E-state index in [0.717, 1.165) is 11.6 Å². The number of fused-ring (bicyclic) bond motifs is 1. The van der Waals surface area contributed by atoms with Gasteiger partial charge in [-0.15, -0.1) is 0 Å². The number of aromatic nitrogens is 1. The number of hydrogen-bond acceptors (Lipinski definition) is 2. The number of hydrogen-bond donors (Lipinski definition) is 3. The lowest BCUT2D eigenvalue weighted by atomic mass is 10.2. The van der Waals surface area contributed by atoms with Crippen molar-refractivity contribution in [1.82, 2.24) is 4.98 Å². The number of aromatic amines is 1. The molecule has 0 fully saturated rings. The van der Waals surface area contributed by atoms with E-state index in [1.54, 1.807) is 24.3 Å². The van der Waals surface area contributed by atoms with E-state index in [4.69, 9.17) is 11.6 Å². The molecule has 2 aromatic carbocycles. The number of benzene rings is 2. The van der Waals surface area contributed by atoms with Gasteiger partial charge in [0, 0.05) is 27.8 Å². The average Bonchev–Trinajstić information content (AvgIpc) is 2.52. The zero-order valence-electron chi connectivity index (χ0n) is 12.6. The molecule has 0 saturated carbocycles. The van der Waals surface area contributed by atoms with Gasteiger partial charge in [-0.25, -0.2) is 9.18 Å². The van der Waals surface area contributed by atoms with Crippen molar-refractivity contribution >= 4 is 39.9 Å². The summed E-state index contributed by atoms with van der Waals surface area (Å²) in [5, 5.41) is 6.18. The molecule has 1 heterocycles. The van der Waals surface area contributed by atoms with Gasteiger partial charge in [0.2, 0.25) is 5.56 Å². The summed E-state index contributed by atoms with van der Waals surface area (Å²) in [5.41, 5.74) is 1.39. The number of halogens is 2. The van der Waals surface area contributed by atoms with E-state index in [-0.39, 0.29) is 11.2 Å². The fourth-order valence-electron chi connectivity index (χ4n) is 2.26. The van der Waals surface area contributed by atoms with Gasteiger partial charge < -0.3 is 15.6 Å². The largest absolute Gasteiger partial charge is 0.323 e. The Kier molecular flexibility index (Phi) is 4.22. The first-order valence-electron chi connectivity index (χ1n) is 7.09. The highest BCUT2D eigenvalue weighted by Crippen LogP contribution is 2.22. The lowest BCUT2D eigenvalue weighted by Crippen LogP contribution is -2.19. The van der Waals surface area contributed by atoms with Crippen LogP contribution in [-0.2, 0) is 0 Å². The van der Waals surface area contributed by atoms with Gasteiger partial charge in [-0.3, -0.25) is 4.79 Å². The van der Waals surface area contributed by atoms with Crippen molar-refractivity contribution in [2.75, 3.05) is 10.6 Å². The van der Waals surface area contributed by atoms with Crippen LogP contribution in [0.1, 0.15) is 5.56 Å². The molecule has 0 saturated heterocycles. The zero-order valence-corrected chi connectivity index (χ0v) is 13.4. The molecule has 2 amide bonds. The van der Waals surface area contributed by atoms with Crippen LogP contribution in [0.15, 0.2) is 47.3 Å². The minimum Gasteiger partial charge on any atom is -0.319 e. The van der Waals surface area contributed by atoms with Gasteiger partial charge in [-0.05, 0) is 42.8 Å². The second-order valence-corrected chi connectivity index (χ2v) is 5.70. The Hall–Kier alpha value is -2.86. The molecule has 3 N–H and O–H groups in total. The Morgan fingerprint density at radius 1 is 1.08 bits per heavy atom. The van der Waals surface area contributed by atoms with E-state index in [1.165, 1.54) is 12.1 Å². The fraction of sp³-hybridized carbons (Fsp3) is 0.0588. The first kappa shape index (κ1) is 16.0. The molecule has 0 spiro atoms. The second-order valence-electron chi connectivity index (χ2n) is 5.29. The predicted molar refractivity (Wildman–Crippen MR) is 93.4 cm³/mol. The Labute approximate surface area is 141 Å². The molecule has 0 aliphatic rings. The predicted octanol–water partition coefficient (Wildman–Crippen LogP) is 4.27. The molecule has 3 rings (SSSR count). The molecule has 0 unspecified atom stereocenters. The van der Waals surface area contributed by atoms with Crippen LogP contribution >= 0.6 is 11.6 Å². The van der Waals surface area contributed by atoms with Gasteiger partial charge >= 0.3 is 6.03 Å². The average molecular weight is 346 g/mol. The summed E-state index contributed by atoms with van der Waals surface area (Å²) >= 11 is 6.01. The molecule has 1 aromatic heterocycles. The number of carbonyl (C=O) groups is 1. The van der Waals surface area contributed by atoms with Crippen molar-refractivity contribution < 1.29 is 9.18 Å². The summed E-state index contributed by atoms with van der Waals surface area (Å²) in [4.78, 5) is 25.7. The minimum atomic E-state index is -0.626. The first-order chi connectivity index (χ1) is 11.4. The second kappa shape index (κ2) is 6.33. The summed E-state index contributed by atoms with van der Waals surface area (Å²) in [6.07, 6.45) is 0. The molecule has 0 aliphatic carbocycles. The monoisotopic (exact) mass is 345 g/mol. The highest BCUT2D eigenvalue weighted by atomic mass is 35.5. The number of pyridine rings is 1. The quantitative estimate of drug-likeness (QED) is 0.648. The van der Waals surface area contributed by atoms with E-state index in [0.29, 0.717) is 16.1 Å². The maximum absolute atomic E-state index is 14.0. The molecule has 0 bridgehead atoms. The van der Waals surface area contributed by atoms with Crippen molar-refractivity contribution in [2.24, 2.45) is 0 Å². The molecule has 0 atom stereocenters. The van der Waals surface area contributed by atoms with Crippen LogP contribution in [0.2, 0.25) is 5.02 Å². The molecule has 122 valence electrons. The zero-order chi connectivity index (χ0) is 17.3. The van der Waals surface area contributed by atoms with Gasteiger partial charge in [0.1, 0.15) is 5.82 Å². The number of aryl methyl sites for hydroxylation is 1. The number of urea groups is 1. The van der Waals surface area contributed by atoms with E-state index >= 15 is 0 Å². The SMILES string of the molecule is Cc1ccc(NC(=O)Nc2cc(F)c3[nH]c(=O)ccc3c2)cc1Cl. The number of amides is 2. The highest BCUT2D eigenvalue weighted by Gasteiger charge is 2.08. The summed E-state index contributed by atoms with van der Waals surface area (Å²) in [5.74, 6) is -0.626. The van der Waals surface area contributed by atoms with Crippen LogP contribution in [0.5, 0.6) is 0 Å². The summed E-state index contributed by atoms with van der Waals surface area (Å²) in [6, 6.07) is 10.1. The van der Waals surface area contributed by atoms with E-state index in [9.17, 15) is 14.0 Å². The minimum absolute atomic E-state index is 0.0961. The topological polar surface area (TPSA) is 74.0 Å². The van der Waals surface area contributed by atoms with Crippen LogP contribution in [0.3, 0.4) is 0 Å². The lowest BCUT2D eigenvalue weighted by Gasteiger charge is -2.10. The van der Waals surface area contributed by atoms with Crippen molar-refractivity contribution in [3.05, 3.63) is 69.2 Å². The summed E-state index contributed by atoms with van der Waals surface area (Å²) in [7, 11) is 0. The molecular weight excluding hydrogens is 333 g/mol. The van der Waals surface area contributed by atoms with Crippen LogP contribution < -0.4 is 16.2 Å². The van der Waals surface area contributed by atoms with Gasteiger partial charge in [0.15, 0.2) is 0 Å². The van der Waals surface area contributed by atoms with E-state index in [1.807, 2.05) is 6.92 Å². The Morgan fingerprint density at radius 3 is 2.58 bits per heavy atom. The maximum Gasteiger partial charge on any atom is 0.323 e. The summed E-state index contributed by atoms with van der Waals surface area (Å²) < 4.78 is 14.0. The molecule has 7 heteroatoms. The van der Waals surface area contributed by atoms with Crippen LogP contribution in [-0.4, -0.2) is 11.0 Å². The third kappa shape index (κ3) is 3.38. The molecule has 24 heavy (non-hydrogen) atoms. The van der Waals surface area contributed by atoms with E-state index in [2.05, 4.69) is 15.6 Å². The maximum atomic E-state index is 14.0. The highest BCUT2D eigenvalue weighted by molar-refractivity contribution is 6.31. The molecule has 5 nitrogen and oxygen atoms in total. The number of carbonyl (C=O) groups excluding carboxylic acids is 1. The Balaban J connectivity index is 1.81. The Bertz CT molecular complexity index is 1000. The summed E-state index contributed by atoms with van der Waals surface area (Å²) in [6.45, 7) is 1.86. The van der Waals surface area contributed by atoms with E-state index < -0.39 is 17.4 Å². The standard InChI is InChI=1S/C17H13ClFN3O2/c1-9-2-4-11(7-13(9)18)20-17(24)21-12-6-10-3-5-15(23)22-16(10)14(19)8-12/h2-8H,1H3,(H,22,23)(H2,20,21,24). The van der Waals surface area contributed by atoms with Crippen LogP contribution in [0, 0.1) is 12.7 Å². The fourth-order valence-corrected chi connectivity index (χ4v) is 2.44. The van der Waals surface area contributed by atoms with Crippen molar-refractivity contribution in [1.29, 1.82) is 0 Å². The van der Waals surface area contributed by atoms with Crippen molar-refractivity contribution in [3.63, 3.8) is 0 Å². The Morgan fingerprint density at radius 2 is 1.83 bits per heavy atom. The smallest absolute Gasteiger partial charge is 0.319 e. The third-order valence-electron chi connectivity index (χ3n) is 3.47. The van der Waals surface area contributed by atoms with Crippen LogP contribution in [0.25, 0.3) is 10.9 Å². The number of H-pyrrole nitrogens is 1. The van der Waals surface area contributed by atoms with Gasteiger partial charge in [-0.1, -0.05) is 17.7 Å². The first-order valence-corrected chi connectivity index (χ1v) is 7.47. The normalized spacial score (nSPS) is 10.6. The van der Waals surface area contributed by atoms with Gasteiger partial charge in [0.05, 0.1) is 5.52 Å². The number of anilines is 2. The molecule has 0 radical (unpaired) electrons. The number of rotatable bonds is 2. The van der Waals surface area contributed by atoms with Gasteiger partial charge in [0.25, 0.3) is 0 Å². The molecular formula is C17H13ClFN3O2. The van der Waals surface area contributed by atoms with Crippen molar-refractivity contribution in [3.8, 4) is 0 Å². The van der Waals surface area contributed by atoms with Gasteiger partial charge in [-0.2, -0.15) is 0 Å². The molecule has 3 aromatic rings. The van der Waals surface area contributed by atoms with Crippen LogP contribution in [0.4, 0.5) is 20.6 Å². The number of nitrogens with one attached hydrogen (secondary N) is 3. The molecule has 0 aliphatic heterocycles. The lowest BCUT2D eigenvalue weighted by molar-refractivity contribution is 0.262. The van der Waals surface area contributed by atoms with Crippen molar-refractivity contribution in [2.45, 2.75) is 6.92 Å². The third-order valence-corrected chi connectivity index (χ3v) is 3.88.